The summed E-state index contributed by atoms with van der Waals surface area (Å²) < 4.78 is 38.4. The van der Waals surface area contributed by atoms with Crippen LogP contribution >= 0.6 is 0 Å². The fourth-order valence-electron chi connectivity index (χ4n) is 3.46. The third kappa shape index (κ3) is 5.82. The predicted molar refractivity (Wildman–Crippen MR) is 103 cm³/mol. The minimum absolute atomic E-state index is 0.0289. The standard InChI is InChI=1S/C22H23F3N2O2/c23-22(24,25)19-8-4-7-17(13-19)14-20(28)27-11-9-18(10-12-27)21(29)26-15-16-5-2-1-3-6-16/h1-8,13,18H,9-12,14-15H2,(H,26,29). The number of hydrogen-bond acceptors (Lipinski definition) is 2. The minimum atomic E-state index is -4.43. The van der Waals surface area contributed by atoms with Gasteiger partial charge in [-0.25, -0.2) is 0 Å². The van der Waals surface area contributed by atoms with Crippen LogP contribution in [0.2, 0.25) is 0 Å². The molecule has 154 valence electrons. The van der Waals surface area contributed by atoms with Gasteiger partial charge in [0.05, 0.1) is 12.0 Å². The highest BCUT2D eigenvalue weighted by Crippen LogP contribution is 2.29. The number of amides is 2. The topological polar surface area (TPSA) is 49.4 Å². The highest BCUT2D eigenvalue weighted by atomic mass is 19.4. The van der Waals surface area contributed by atoms with Gasteiger partial charge in [0, 0.05) is 25.6 Å². The zero-order valence-electron chi connectivity index (χ0n) is 15.9. The summed E-state index contributed by atoms with van der Waals surface area (Å²) in [7, 11) is 0. The van der Waals surface area contributed by atoms with E-state index < -0.39 is 11.7 Å². The Kier molecular flexibility index (Phi) is 6.56. The lowest BCUT2D eigenvalue weighted by molar-refractivity contribution is -0.138. The Morgan fingerprint density at radius 1 is 0.966 bits per heavy atom. The molecule has 1 aliphatic rings. The third-order valence-corrected chi connectivity index (χ3v) is 5.14. The van der Waals surface area contributed by atoms with E-state index in [0.717, 1.165) is 17.7 Å². The number of halogens is 3. The molecule has 0 aromatic heterocycles. The van der Waals surface area contributed by atoms with Gasteiger partial charge in [0.1, 0.15) is 0 Å². The molecule has 0 aliphatic carbocycles. The lowest BCUT2D eigenvalue weighted by Gasteiger charge is -2.31. The first-order valence-electron chi connectivity index (χ1n) is 9.58. The van der Waals surface area contributed by atoms with Crippen molar-refractivity contribution in [2.75, 3.05) is 13.1 Å². The molecule has 4 nitrogen and oxygen atoms in total. The second kappa shape index (κ2) is 9.11. The fourth-order valence-corrected chi connectivity index (χ4v) is 3.46. The molecular weight excluding hydrogens is 381 g/mol. The van der Waals surface area contributed by atoms with Gasteiger partial charge in [-0.15, -0.1) is 0 Å². The third-order valence-electron chi connectivity index (χ3n) is 5.14. The van der Waals surface area contributed by atoms with Crippen molar-refractivity contribution in [1.29, 1.82) is 0 Å². The van der Waals surface area contributed by atoms with Gasteiger partial charge in [-0.1, -0.05) is 48.5 Å². The molecule has 2 aromatic rings. The number of nitrogens with one attached hydrogen (secondary N) is 1. The SMILES string of the molecule is O=C(NCc1ccccc1)C1CCN(C(=O)Cc2cccc(C(F)(F)F)c2)CC1. The highest BCUT2D eigenvalue weighted by Gasteiger charge is 2.31. The van der Waals surface area contributed by atoms with Crippen LogP contribution in [-0.2, 0) is 28.7 Å². The molecule has 0 radical (unpaired) electrons. The minimum Gasteiger partial charge on any atom is -0.352 e. The first kappa shape index (κ1) is 20.9. The molecule has 2 aromatic carbocycles. The van der Waals surface area contributed by atoms with E-state index >= 15 is 0 Å². The van der Waals surface area contributed by atoms with Crippen molar-refractivity contribution in [3.05, 3.63) is 71.3 Å². The van der Waals surface area contributed by atoms with E-state index in [9.17, 15) is 22.8 Å². The molecular formula is C22H23F3N2O2. The summed E-state index contributed by atoms with van der Waals surface area (Å²) in [6.45, 7) is 1.33. The molecule has 0 unspecified atom stereocenters. The number of carbonyl (C=O) groups excluding carboxylic acids is 2. The van der Waals surface area contributed by atoms with Crippen LogP contribution in [0.5, 0.6) is 0 Å². The van der Waals surface area contributed by atoms with Gasteiger partial charge in [0.15, 0.2) is 0 Å². The molecule has 1 fully saturated rings. The van der Waals surface area contributed by atoms with Gasteiger partial charge in [-0.2, -0.15) is 13.2 Å². The van der Waals surface area contributed by atoms with Gasteiger partial charge in [0.2, 0.25) is 11.8 Å². The van der Waals surface area contributed by atoms with E-state index in [2.05, 4.69) is 5.32 Å². The number of hydrogen-bond donors (Lipinski definition) is 1. The quantitative estimate of drug-likeness (QED) is 0.824. The summed E-state index contributed by atoms with van der Waals surface area (Å²) in [6, 6.07) is 14.5. The lowest BCUT2D eigenvalue weighted by Crippen LogP contribution is -2.43. The molecule has 29 heavy (non-hydrogen) atoms. The van der Waals surface area contributed by atoms with Gasteiger partial charge < -0.3 is 10.2 Å². The van der Waals surface area contributed by atoms with Crippen LogP contribution in [0.1, 0.15) is 29.5 Å². The predicted octanol–water partition coefficient (Wildman–Crippen LogP) is 3.80. The molecule has 1 aliphatic heterocycles. The maximum absolute atomic E-state index is 12.8. The smallest absolute Gasteiger partial charge is 0.352 e. The van der Waals surface area contributed by atoms with Crippen LogP contribution in [0.4, 0.5) is 13.2 Å². The maximum Gasteiger partial charge on any atom is 0.416 e. The van der Waals surface area contributed by atoms with Crippen molar-refractivity contribution in [3.8, 4) is 0 Å². The number of carbonyl (C=O) groups is 2. The lowest BCUT2D eigenvalue weighted by atomic mass is 9.95. The van der Waals surface area contributed by atoms with Crippen molar-refractivity contribution in [2.45, 2.75) is 32.0 Å². The number of benzene rings is 2. The van der Waals surface area contributed by atoms with Crippen molar-refractivity contribution < 1.29 is 22.8 Å². The second-order valence-corrected chi connectivity index (χ2v) is 7.23. The molecule has 1 heterocycles. The number of rotatable bonds is 5. The molecule has 3 rings (SSSR count). The molecule has 1 saturated heterocycles. The van der Waals surface area contributed by atoms with Gasteiger partial charge in [-0.3, -0.25) is 9.59 Å². The Morgan fingerprint density at radius 2 is 1.62 bits per heavy atom. The average molecular weight is 404 g/mol. The number of nitrogens with zero attached hydrogens (tertiary/aromatic N) is 1. The van der Waals surface area contributed by atoms with Crippen LogP contribution in [0.15, 0.2) is 54.6 Å². The average Bonchev–Trinajstić information content (AvgIpc) is 2.72. The van der Waals surface area contributed by atoms with Gasteiger partial charge in [0.25, 0.3) is 0 Å². The zero-order valence-corrected chi connectivity index (χ0v) is 15.9. The van der Waals surface area contributed by atoms with E-state index in [4.69, 9.17) is 0 Å². The van der Waals surface area contributed by atoms with Crippen LogP contribution in [0.3, 0.4) is 0 Å². The van der Waals surface area contributed by atoms with Crippen molar-refractivity contribution in [1.82, 2.24) is 10.2 Å². The van der Waals surface area contributed by atoms with Crippen LogP contribution in [-0.4, -0.2) is 29.8 Å². The molecule has 1 N–H and O–H groups in total. The Labute approximate surface area is 167 Å². The fraction of sp³-hybridized carbons (Fsp3) is 0.364. The summed E-state index contributed by atoms with van der Waals surface area (Å²) >= 11 is 0. The summed E-state index contributed by atoms with van der Waals surface area (Å²) in [5.74, 6) is -0.400. The Hall–Kier alpha value is -2.83. The van der Waals surface area contributed by atoms with E-state index in [0.29, 0.717) is 38.0 Å². The van der Waals surface area contributed by atoms with E-state index in [1.807, 2.05) is 30.3 Å². The van der Waals surface area contributed by atoms with Crippen molar-refractivity contribution >= 4 is 11.8 Å². The second-order valence-electron chi connectivity index (χ2n) is 7.23. The summed E-state index contributed by atoms with van der Waals surface area (Å²) in [5, 5.41) is 2.92. The summed E-state index contributed by atoms with van der Waals surface area (Å²) in [5.41, 5.74) is 0.610. The van der Waals surface area contributed by atoms with Gasteiger partial charge in [-0.05, 0) is 30.0 Å². The van der Waals surface area contributed by atoms with E-state index in [1.165, 1.54) is 12.1 Å². The molecule has 0 atom stereocenters. The van der Waals surface area contributed by atoms with Crippen molar-refractivity contribution in [3.63, 3.8) is 0 Å². The van der Waals surface area contributed by atoms with Crippen LogP contribution in [0, 0.1) is 5.92 Å². The maximum atomic E-state index is 12.8. The largest absolute Gasteiger partial charge is 0.416 e. The van der Waals surface area contributed by atoms with Crippen LogP contribution < -0.4 is 5.32 Å². The Bertz CT molecular complexity index is 845. The Balaban J connectivity index is 1.47. The number of likely N-dealkylation sites (tertiary alicyclic amines) is 1. The summed E-state index contributed by atoms with van der Waals surface area (Å²) in [6.07, 6.45) is -3.40. The molecule has 0 saturated carbocycles. The van der Waals surface area contributed by atoms with E-state index in [1.54, 1.807) is 4.90 Å². The molecule has 2 amide bonds. The molecule has 0 spiro atoms. The van der Waals surface area contributed by atoms with E-state index in [-0.39, 0.29) is 24.2 Å². The van der Waals surface area contributed by atoms with Crippen LogP contribution in [0.25, 0.3) is 0 Å². The highest BCUT2D eigenvalue weighted by molar-refractivity contribution is 5.81. The first-order chi connectivity index (χ1) is 13.8. The normalized spacial score (nSPS) is 15.2. The Morgan fingerprint density at radius 3 is 2.28 bits per heavy atom. The monoisotopic (exact) mass is 404 g/mol. The summed E-state index contributed by atoms with van der Waals surface area (Å²) in [4.78, 5) is 26.4. The zero-order chi connectivity index (χ0) is 20.9. The first-order valence-corrected chi connectivity index (χ1v) is 9.58. The number of piperidine rings is 1. The number of alkyl halides is 3. The molecule has 7 heteroatoms. The van der Waals surface area contributed by atoms with Gasteiger partial charge >= 0.3 is 6.18 Å². The molecule has 0 bridgehead atoms. The van der Waals surface area contributed by atoms with Crippen molar-refractivity contribution in [2.24, 2.45) is 5.92 Å².